The van der Waals surface area contributed by atoms with Crippen molar-refractivity contribution in [2.75, 3.05) is 29.6 Å². The molecule has 0 saturated carbocycles. The van der Waals surface area contributed by atoms with E-state index in [-0.39, 0.29) is 0 Å². The van der Waals surface area contributed by atoms with Crippen LogP contribution in [0.5, 0.6) is 0 Å². The van der Waals surface area contributed by atoms with Gasteiger partial charge in [0.2, 0.25) is 0 Å². The van der Waals surface area contributed by atoms with Gasteiger partial charge >= 0.3 is 0 Å². The summed E-state index contributed by atoms with van der Waals surface area (Å²) < 4.78 is 0. The zero-order valence-corrected chi connectivity index (χ0v) is 13.8. The van der Waals surface area contributed by atoms with Gasteiger partial charge in [-0.1, -0.05) is 25.6 Å². The van der Waals surface area contributed by atoms with Gasteiger partial charge in [-0.05, 0) is 38.4 Å². The summed E-state index contributed by atoms with van der Waals surface area (Å²) in [5.41, 5.74) is 0. The van der Waals surface area contributed by atoms with Crippen molar-refractivity contribution in [3.8, 4) is 0 Å². The van der Waals surface area contributed by atoms with E-state index in [9.17, 15) is 0 Å². The first-order valence-electron chi connectivity index (χ1n) is 7.59. The van der Waals surface area contributed by atoms with E-state index < -0.39 is 0 Å². The first-order chi connectivity index (χ1) is 9.65. The van der Waals surface area contributed by atoms with E-state index in [1.165, 1.54) is 12.8 Å². The lowest BCUT2D eigenvalue weighted by Gasteiger charge is -2.38. The van der Waals surface area contributed by atoms with Crippen molar-refractivity contribution in [1.82, 2.24) is 9.97 Å². The van der Waals surface area contributed by atoms with Gasteiger partial charge in [0.15, 0.2) is 5.16 Å². The van der Waals surface area contributed by atoms with E-state index in [4.69, 9.17) is 4.98 Å². The summed E-state index contributed by atoms with van der Waals surface area (Å²) in [6.45, 7) is 8.87. The van der Waals surface area contributed by atoms with Crippen LogP contribution in [0.2, 0.25) is 0 Å². The van der Waals surface area contributed by atoms with Gasteiger partial charge < -0.3 is 10.2 Å². The molecular formula is C15H26N4S. The molecule has 1 aromatic rings. The molecule has 0 aromatic carbocycles. The maximum absolute atomic E-state index is 4.71. The molecule has 1 aliphatic heterocycles. The molecule has 1 aromatic heterocycles. The van der Waals surface area contributed by atoms with Gasteiger partial charge in [0.1, 0.15) is 11.6 Å². The Morgan fingerprint density at radius 1 is 1.40 bits per heavy atom. The molecule has 0 spiro atoms. The Morgan fingerprint density at radius 2 is 2.20 bits per heavy atom. The molecule has 2 atom stereocenters. The quantitative estimate of drug-likeness (QED) is 0.663. The molecule has 1 aliphatic rings. The first-order valence-corrected chi connectivity index (χ1v) is 8.81. The minimum atomic E-state index is 0.549. The Hall–Kier alpha value is -0.970. The fourth-order valence-corrected chi connectivity index (χ4v) is 3.03. The van der Waals surface area contributed by atoms with Crippen molar-refractivity contribution in [3.63, 3.8) is 0 Å². The van der Waals surface area contributed by atoms with E-state index >= 15 is 0 Å². The molecular weight excluding hydrogens is 268 g/mol. The lowest BCUT2D eigenvalue weighted by molar-refractivity contribution is 0.361. The van der Waals surface area contributed by atoms with Gasteiger partial charge in [-0.3, -0.25) is 0 Å². The summed E-state index contributed by atoms with van der Waals surface area (Å²) >= 11 is 1.61. The van der Waals surface area contributed by atoms with Crippen LogP contribution in [0, 0.1) is 5.92 Å². The minimum Gasteiger partial charge on any atom is -0.370 e. The average Bonchev–Trinajstić information content (AvgIpc) is 2.47. The van der Waals surface area contributed by atoms with Gasteiger partial charge in [-0.15, -0.1) is 0 Å². The fraction of sp³-hybridized carbons (Fsp3) is 0.733. The van der Waals surface area contributed by atoms with Crippen molar-refractivity contribution in [2.45, 2.75) is 51.2 Å². The van der Waals surface area contributed by atoms with Gasteiger partial charge in [0.05, 0.1) is 0 Å². The lowest BCUT2D eigenvalue weighted by atomic mass is 9.92. The van der Waals surface area contributed by atoms with Gasteiger partial charge in [-0.2, -0.15) is 0 Å². The number of nitrogens with zero attached hydrogens (tertiary/aromatic N) is 3. The molecule has 4 nitrogen and oxygen atoms in total. The van der Waals surface area contributed by atoms with Crippen LogP contribution in [-0.2, 0) is 0 Å². The molecule has 112 valence electrons. The van der Waals surface area contributed by atoms with Crippen LogP contribution in [0.3, 0.4) is 0 Å². The van der Waals surface area contributed by atoms with Crippen molar-refractivity contribution < 1.29 is 0 Å². The van der Waals surface area contributed by atoms with Crippen LogP contribution >= 0.6 is 11.8 Å². The minimum absolute atomic E-state index is 0.549. The SMILES string of the molecule is CCCNc1cc(N2CCCC(C)C2C)nc(SC)n1. The Bertz CT molecular complexity index is 438. The zero-order valence-electron chi connectivity index (χ0n) is 13.0. The molecule has 1 N–H and O–H groups in total. The van der Waals surface area contributed by atoms with E-state index in [2.05, 4.69) is 42.0 Å². The van der Waals surface area contributed by atoms with Crippen molar-refractivity contribution in [1.29, 1.82) is 0 Å². The predicted molar refractivity (Wildman–Crippen MR) is 87.8 cm³/mol. The highest BCUT2D eigenvalue weighted by Gasteiger charge is 2.26. The van der Waals surface area contributed by atoms with Gasteiger partial charge in [-0.25, -0.2) is 9.97 Å². The number of hydrogen-bond donors (Lipinski definition) is 1. The summed E-state index contributed by atoms with van der Waals surface area (Å²) in [7, 11) is 0. The maximum Gasteiger partial charge on any atom is 0.191 e. The normalized spacial score (nSPS) is 22.9. The summed E-state index contributed by atoms with van der Waals surface area (Å²) in [6, 6.07) is 2.65. The molecule has 0 bridgehead atoms. The number of aromatic nitrogens is 2. The summed E-state index contributed by atoms with van der Waals surface area (Å²) in [5.74, 6) is 2.75. The highest BCUT2D eigenvalue weighted by Crippen LogP contribution is 2.29. The maximum atomic E-state index is 4.71. The number of anilines is 2. The largest absolute Gasteiger partial charge is 0.370 e. The molecule has 20 heavy (non-hydrogen) atoms. The number of nitrogens with one attached hydrogen (secondary N) is 1. The second-order valence-corrected chi connectivity index (χ2v) is 6.35. The predicted octanol–water partition coefficient (Wildman–Crippen LogP) is 3.65. The van der Waals surface area contributed by atoms with Crippen molar-refractivity contribution in [2.24, 2.45) is 5.92 Å². The molecule has 2 rings (SSSR count). The second kappa shape index (κ2) is 7.16. The first kappa shape index (κ1) is 15.4. The lowest BCUT2D eigenvalue weighted by Crippen LogP contribution is -2.43. The third kappa shape index (κ3) is 3.57. The van der Waals surface area contributed by atoms with Crippen LogP contribution in [0.4, 0.5) is 11.6 Å². The Balaban J connectivity index is 2.24. The average molecular weight is 294 g/mol. The highest BCUT2D eigenvalue weighted by atomic mass is 32.2. The van der Waals surface area contributed by atoms with E-state index in [0.717, 1.165) is 42.2 Å². The number of piperidine rings is 1. The van der Waals surface area contributed by atoms with E-state index in [1.54, 1.807) is 11.8 Å². The topological polar surface area (TPSA) is 41.0 Å². The number of thioether (sulfide) groups is 1. The Labute approximate surface area is 126 Å². The van der Waals surface area contributed by atoms with E-state index in [0.29, 0.717) is 6.04 Å². The van der Waals surface area contributed by atoms with Crippen molar-refractivity contribution >= 4 is 23.4 Å². The van der Waals surface area contributed by atoms with Crippen LogP contribution < -0.4 is 10.2 Å². The van der Waals surface area contributed by atoms with Gasteiger partial charge in [0.25, 0.3) is 0 Å². The molecule has 0 amide bonds. The molecule has 2 heterocycles. The Kier molecular flexibility index (Phi) is 5.52. The zero-order chi connectivity index (χ0) is 14.5. The smallest absolute Gasteiger partial charge is 0.191 e. The molecule has 1 saturated heterocycles. The summed E-state index contributed by atoms with van der Waals surface area (Å²) in [6.07, 6.45) is 5.71. The fourth-order valence-electron chi connectivity index (χ4n) is 2.65. The van der Waals surface area contributed by atoms with Crippen LogP contribution in [0.15, 0.2) is 11.2 Å². The third-order valence-corrected chi connectivity index (χ3v) is 4.65. The van der Waals surface area contributed by atoms with Crippen LogP contribution in [-0.4, -0.2) is 35.4 Å². The van der Waals surface area contributed by atoms with Gasteiger partial charge in [0, 0.05) is 25.2 Å². The van der Waals surface area contributed by atoms with E-state index in [1.807, 2.05) is 6.26 Å². The molecule has 1 fully saturated rings. The van der Waals surface area contributed by atoms with Crippen LogP contribution in [0.25, 0.3) is 0 Å². The van der Waals surface area contributed by atoms with Crippen molar-refractivity contribution in [3.05, 3.63) is 6.07 Å². The molecule has 5 heteroatoms. The monoisotopic (exact) mass is 294 g/mol. The summed E-state index contributed by atoms with van der Waals surface area (Å²) in [5, 5.41) is 4.24. The van der Waals surface area contributed by atoms with Crippen LogP contribution in [0.1, 0.15) is 40.0 Å². The second-order valence-electron chi connectivity index (χ2n) is 5.58. The summed E-state index contributed by atoms with van der Waals surface area (Å²) in [4.78, 5) is 11.7. The third-order valence-electron chi connectivity index (χ3n) is 4.10. The molecule has 0 aliphatic carbocycles. The molecule has 0 radical (unpaired) electrons. The Morgan fingerprint density at radius 3 is 2.90 bits per heavy atom. The number of rotatable bonds is 5. The highest BCUT2D eigenvalue weighted by molar-refractivity contribution is 7.98. The molecule has 2 unspecified atom stereocenters. The number of hydrogen-bond acceptors (Lipinski definition) is 5. The standard InChI is InChI=1S/C15H26N4S/c1-5-8-16-13-10-14(18-15(17-13)20-4)19-9-6-7-11(2)12(19)3/h10-12H,5-9H2,1-4H3,(H,16,17,18).